The molecular weight excluding hydrogens is 289 g/mol. The molecule has 1 nitrogen and oxygen atoms in total. The first-order chi connectivity index (χ1) is 9.75. The molecular formula is C17H11Cl2N. The number of aromatic nitrogens is 1. The molecule has 0 saturated heterocycles. The molecule has 3 rings (SSSR count). The van der Waals surface area contributed by atoms with E-state index in [9.17, 15) is 0 Å². The van der Waals surface area contributed by atoms with Gasteiger partial charge in [0.15, 0.2) is 0 Å². The van der Waals surface area contributed by atoms with E-state index in [1.807, 2.05) is 66.7 Å². The Morgan fingerprint density at radius 3 is 1.40 bits per heavy atom. The second-order valence-corrected chi connectivity index (χ2v) is 5.11. The summed E-state index contributed by atoms with van der Waals surface area (Å²) < 4.78 is 0. The number of rotatable bonds is 2. The Kier molecular flexibility index (Phi) is 3.72. The molecule has 0 aliphatic carbocycles. The SMILES string of the molecule is Clc1nc(Cl)c(-c2ccccc2)cc1-c1ccccc1. The first-order valence-corrected chi connectivity index (χ1v) is 6.98. The molecule has 0 fully saturated rings. The van der Waals surface area contributed by atoms with E-state index in [0.29, 0.717) is 10.3 Å². The lowest BCUT2D eigenvalue weighted by Gasteiger charge is -2.09. The molecule has 0 aliphatic rings. The van der Waals surface area contributed by atoms with Gasteiger partial charge in [0.05, 0.1) is 0 Å². The van der Waals surface area contributed by atoms with Crippen LogP contribution in [0.2, 0.25) is 10.3 Å². The van der Waals surface area contributed by atoms with E-state index < -0.39 is 0 Å². The van der Waals surface area contributed by atoms with Gasteiger partial charge in [-0.25, -0.2) is 4.98 Å². The average Bonchev–Trinajstić information content (AvgIpc) is 2.49. The minimum atomic E-state index is 0.417. The van der Waals surface area contributed by atoms with Crippen LogP contribution in [0.15, 0.2) is 66.7 Å². The molecule has 20 heavy (non-hydrogen) atoms. The van der Waals surface area contributed by atoms with Crippen LogP contribution < -0.4 is 0 Å². The zero-order valence-corrected chi connectivity index (χ0v) is 12.1. The highest BCUT2D eigenvalue weighted by Crippen LogP contribution is 2.35. The Balaban J connectivity index is 2.19. The summed E-state index contributed by atoms with van der Waals surface area (Å²) in [6.45, 7) is 0. The van der Waals surface area contributed by atoms with Crippen molar-refractivity contribution in [3.63, 3.8) is 0 Å². The fourth-order valence-electron chi connectivity index (χ4n) is 2.11. The van der Waals surface area contributed by atoms with Gasteiger partial charge in [-0.15, -0.1) is 0 Å². The van der Waals surface area contributed by atoms with Gasteiger partial charge in [0, 0.05) is 11.1 Å². The van der Waals surface area contributed by atoms with Crippen LogP contribution in [0, 0.1) is 0 Å². The van der Waals surface area contributed by atoms with Crippen molar-refractivity contribution in [1.82, 2.24) is 4.98 Å². The largest absolute Gasteiger partial charge is 0.223 e. The van der Waals surface area contributed by atoms with Crippen molar-refractivity contribution < 1.29 is 0 Å². The molecule has 3 aromatic rings. The molecule has 98 valence electrons. The average molecular weight is 300 g/mol. The highest BCUT2D eigenvalue weighted by Gasteiger charge is 2.11. The minimum absolute atomic E-state index is 0.417. The van der Waals surface area contributed by atoms with Gasteiger partial charge in [-0.05, 0) is 17.2 Å². The van der Waals surface area contributed by atoms with Crippen LogP contribution in [-0.2, 0) is 0 Å². The second kappa shape index (κ2) is 5.66. The van der Waals surface area contributed by atoms with Gasteiger partial charge in [0.2, 0.25) is 0 Å². The molecule has 0 aliphatic heterocycles. The molecule has 0 atom stereocenters. The van der Waals surface area contributed by atoms with Crippen LogP contribution in [0.3, 0.4) is 0 Å². The van der Waals surface area contributed by atoms with Gasteiger partial charge in [-0.3, -0.25) is 0 Å². The molecule has 0 unspecified atom stereocenters. The normalized spacial score (nSPS) is 10.5. The molecule has 1 aromatic heterocycles. The van der Waals surface area contributed by atoms with Gasteiger partial charge in [-0.2, -0.15) is 0 Å². The predicted octanol–water partition coefficient (Wildman–Crippen LogP) is 5.72. The van der Waals surface area contributed by atoms with Crippen molar-refractivity contribution in [2.24, 2.45) is 0 Å². The number of hydrogen-bond acceptors (Lipinski definition) is 1. The molecule has 0 bridgehead atoms. The van der Waals surface area contributed by atoms with Gasteiger partial charge in [0.1, 0.15) is 10.3 Å². The Bertz CT molecular complexity index is 664. The van der Waals surface area contributed by atoms with Gasteiger partial charge in [-0.1, -0.05) is 83.9 Å². The van der Waals surface area contributed by atoms with Crippen molar-refractivity contribution in [3.05, 3.63) is 77.0 Å². The first kappa shape index (κ1) is 13.2. The molecule has 3 heteroatoms. The third-order valence-electron chi connectivity index (χ3n) is 3.10. The van der Waals surface area contributed by atoms with E-state index in [1.165, 1.54) is 0 Å². The smallest absolute Gasteiger partial charge is 0.138 e. The lowest BCUT2D eigenvalue weighted by molar-refractivity contribution is 1.33. The van der Waals surface area contributed by atoms with Crippen molar-refractivity contribution in [1.29, 1.82) is 0 Å². The van der Waals surface area contributed by atoms with Gasteiger partial charge in [0.25, 0.3) is 0 Å². The van der Waals surface area contributed by atoms with Crippen LogP contribution in [0.5, 0.6) is 0 Å². The maximum atomic E-state index is 6.23. The summed E-state index contributed by atoms with van der Waals surface area (Å²) in [6.07, 6.45) is 0. The second-order valence-electron chi connectivity index (χ2n) is 4.40. The summed E-state index contributed by atoms with van der Waals surface area (Å²) >= 11 is 12.5. The predicted molar refractivity (Wildman–Crippen MR) is 85.1 cm³/mol. The molecule has 0 spiro atoms. The summed E-state index contributed by atoms with van der Waals surface area (Å²) in [4.78, 5) is 4.26. The maximum absolute atomic E-state index is 6.23. The maximum Gasteiger partial charge on any atom is 0.138 e. The van der Waals surface area contributed by atoms with Crippen LogP contribution in [-0.4, -0.2) is 4.98 Å². The quantitative estimate of drug-likeness (QED) is 0.551. The lowest BCUT2D eigenvalue weighted by atomic mass is 10.0. The minimum Gasteiger partial charge on any atom is -0.223 e. The molecule has 0 amide bonds. The van der Waals surface area contributed by atoms with Crippen molar-refractivity contribution in [2.45, 2.75) is 0 Å². The van der Waals surface area contributed by atoms with Crippen molar-refractivity contribution in [2.75, 3.05) is 0 Å². The fourth-order valence-corrected chi connectivity index (χ4v) is 2.65. The number of hydrogen-bond donors (Lipinski definition) is 0. The van der Waals surface area contributed by atoms with E-state index >= 15 is 0 Å². The van der Waals surface area contributed by atoms with Crippen LogP contribution in [0.25, 0.3) is 22.3 Å². The fraction of sp³-hybridized carbons (Fsp3) is 0. The van der Waals surface area contributed by atoms with Gasteiger partial charge < -0.3 is 0 Å². The summed E-state index contributed by atoms with van der Waals surface area (Å²) in [6, 6.07) is 21.9. The van der Waals surface area contributed by atoms with Gasteiger partial charge >= 0.3 is 0 Å². The van der Waals surface area contributed by atoms with Crippen LogP contribution in [0.4, 0.5) is 0 Å². The number of halogens is 2. The molecule has 0 N–H and O–H groups in total. The number of pyridine rings is 1. The lowest BCUT2D eigenvalue weighted by Crippen LogP contribution is -1.89. The highest BCUT2D eigenvalue weighted by molar-refractivity contribution is 6.35. The summed E-state index contributed by atoms with van der Waals surface area (Å²) in [5.41, 5.74) is 3.82. The highest BCUT2D eigenvalue weighted by atomic mass is 35.5. The third kappa shape index (κ3) is 2.55. The molecule has 2 aromatic carbocycles. The Morgan fingerprint density at radius 2 is 1.00 bits per heavy atom. The zero-order chi connectivity index (χ0) is 13.9. The Hall–Kier alpha value is -1.83. The van der Waals surface area contributed by atoms with E-state index in [0.717, 1.165) is 22.3 Å². The number of benzene rings is 2. The standard InChI is InChI=1S/C17H11Cl2N/c18-16-14(12-7-3-1-4-8-12)11-15(17(19)20-16)13-9-5-2-6-10-13/h1-11H. The summed E-state index contributed by atoms with van der Waals surface area (Å²) in [5, 5.41) is 0.835. The topological polar surface area (TPSA) is 12.9 Å². The van der Waals surface area contributed by atoms with Crippen LogP contribution in [0.1, 0.15) is 0 Å². The number of nitrogens with zero attached hydrogens (tertiary/aromatic N) is 1. The van der Waals surface area contributed by atoms with E-state index in [1.54, 1.807) is 0 Å². The Morgan fingerprint density at radius 1 is 0.600 bits per heavy atom. The summed E-state index contributed by atoms with van der Waals surface area (Å²) in [5.74, 6) is 0. The van der Waals surface area contributed by atoms with E-state index in [4.69, 9.17) is 23.2 Å². The molecule has 0 radical (unpaired) electrons. The van der Waals surface area contributed by atoms with E-state index in [-0.39, 0.29) is 0 Å². The van der Waals surface area contributed by atoms with Crippen molar-refractivity contribution >= 4 is 23.2 Å². The third-order valence-corrected chi connectivity index (χ3v) is 3.68. The first-order valence-electron chi connectivity index (χ1n) is 6.22. The van der Waals surface area contributed by atoms with Crippen molar-refractivity contribution in [3.8, 4) is 22.3 Å². The van der Waals surface area contributed by atoms with E-state index in [2.05, 4.69) is 4.98 Å². The molecule has 0 saturated carbocycles. The molecule has 1 heterocycles. The summed E-state index contributed by atoms with van der Waals surface area (Å²) in [7, 11) is 0. The Labute approximate surface area is 127 Å². The van der Waals surface area contributed by atoms with Crippen LogP contribution >= 0.6 is 23.2 Å². The zero-order valence-electron chi connectivity index (χ0n) is 10.6. The monoisotopic (exact) mass is 299 g/mol.